The molecule has 1 aromatic rings. The van der Waals surface area contributed by atoms with Gasteiger partial charge < -0.3 is 14.2 Å². The van der Waals surface area contributed by atoms with Gasteiger partial charge in [-0.25, -0.2) is 4.79 Å². The Morgan fingerprint density at radius 3 is 2.95 bits per heavy atom. The number of carbonyl (C=O) groups is 1. The summed E-state index contributed by atoms with van der Waals surface area (Å²) in [5.74, 6) is 0.282. The number of esters is 1. The average molecular weight is 304 g/mol. The zero-order chi connectivity index (χ0) is 15.4. The number of benzene rings is 1. The molecular formula is C18H24O4. The third-order valence-corrected chi connectivity index (χ3v) is 4.61. The largest absolute Gasteiger partial charge is 0.465 e. The van der Waals surface area contributed by atoms with Gasteiger partial charge in [0.15, 0.2) is 6.29 Å². The molecule has 1 heterocycles. The van der Waals surface area contributed by atoms with Crippen molar-refractivity contribution in [3.8, 4) is 0 Å². The molecular weight excluding hydrogens is 280 g/mol. The highest BCUT2D eigenvalue weighted by Gasteiger charge is 2.22. The van der Waals surface area contributed by atoms with Gasteiger partial charge in [-0.15, -0.1) is 0 Å². The minimum Gasteiger partial charge on any atom is -0.465 e. The fraction of sp³-hybridized carbons (Fsp3) is 0.611. The second kappa shape index (κ2) is 7.25. The zero-order valence-corrected chi connectivity index (χ0v) is 13.2. The van der Waals surface area contributed by atoms with Crippen LogP contribution in [-0.2, 0) is 27.1 Å². The molecule has 1 saturated heterocycles. The van der Waals surface area contributed by atoms with Crippen molar-refractivity contribution in [2.24, 2.45) is 5.92 Å². The first kappa shape index (κ1) is 15.5. The van der Waals surface area contributed by atoms with Crippen LogP contribution in [0.3, 0.4) is 0 Å². The number of hydrogen-bond acceptors (Lipinski definition) is 4. The summed E-state index contributed by atoms with van der Waals surface area (Å²) in [6.45, 7) is 1.59. The molecule has 1 fully saturated rings. The predicted molar refractivity (Wildman–Crippen MR) is 82.8 cm³/mol. The van der Waals surface area contributed by atoms with Crippen LogP contribution in [0.25, 0.3) is 0 Å². The summed E-state index contributed by atoms with van der Waals surface area (Å²) < 4.78 is 16.3. The molecule has 0 N–H and O–H groups in total. The van der Waals surface area contributed by atoms with E-state index >= 15 is 0 Å². The van der Waals surface area contributed by atoms with E-state index in [1.54, 1.807) is 0 Å². The minimum atomic E-state index is -0.261. The third kappa shape index (κ3) is 3.68. The van der Waals surface area contributed by atoms with E-state index in [9.17, 15) is 4.79 Å². The van der Waals surface area contributed by atoms with Crippen LogP contribution in [0, 0.1) is 5.92 Å². The molecule has 2 aliphatic rings. The monoisotopic (exact) mass is 304 g/mol. The van der Waals surface area contributed by atoms with Gasteiger partial charge in [0.05, 0.1) is 19.3 Å². The zero-order valence-electron chi connectivity index (χ0n) is 13.2. The molecule has 2 atom stereocenters. The van der Waals surface area contributed by atoms with Crippen molar-refractivity contribution in [1.29, 1.82) is 0 Å². The lowest BCUT2D eigenvalue weighted by molar-refractivity contribution is -0.169. The van der Waals surface area contributed by atoms with E-state index < -0.39 is 0 Å². The van der Waals surface area contributed by atoms with Crippen molar-refractivity contribution in [3.63, 3.8) is 0 Å². The Labute approximate surface area is 131 Å². The van der Waals surface area contributed by atoms with Gasteiger partial charge in [0, 0.05) is 6.61 Å². The van der Waals surface area contributed by atoms with Crippen LogP contribution >= 0.6 is 0 Å². The highest BCUT2D eigenvalue weighted by molar-refractivity contribution is 5.89. The Morgan fingerprint density at radius 1 is 1.27 bits per heavy atom. The van der Waals surface area contributed by atoms with Crippen LogP contribution in [0.15, 0.2) is 18.2 Å². The van der Waals surface area contributed by atoms with Gasteiger partial charge in [0.2, 0.25) is 0 Å². The van der Waals surface area contributed by atoms with Gasteiger partial charge in [-0.05, 0) is 67.7 Å². The Kier molecular flexibility index (Phi) is 5.11. The molecule has 4 nitrogen and oxygen atoms in total. The highest BCUT2D eigenvalue weighted by atomic mass is 16.7. The first-order chi connectivity index (χ1) is 10.8. The average Bonchev–Trinajstić information content (AvgIpc) is 2.59. The summed E-state index contributed by atoms with van der Waals surface area (Å²) in [6, 6.07) is 5.89. The van der Waals surface area contributed by atoms with Crippen LogP contribution in [0.4, 0.5) is 0 Å². The summed E-state index contributed by atoms with van der Waals surface area (Å²) in [4.78, 5) is 11.6. The molecule has 0 aromatic heterocycles. The predicted octanol–water partition coefficient (Wildman–Crippen LogP) is 3.12. The van der Waals surface area contributed by atoms with Gasteiger partial charge in [-0.3, -0.25) is 0 Å². The van der Waals surface area contributed by atoms with E-state index in [0.29, 0.717) is 11.5 Å². The maximum absolute atomic E-state index is 11.6. The molecule has 1 aliphatic carbocycles. The molecule has 0 saturated carbocycles. The lowest BCUT2D eigenvalue weighted by atomic mass is 9.83. The fourth-order valence-corrected chi connectivity index (χ4v) is 3.30. The number of fused-ring (bicyclic) bond motifs is 1. The van der Waals surface area contributed by atoms with E-state index in [1.165, 1.54) is 24.7 Å². The fourth-order valence-electron chi connectivity index (χ4n) is 3.30. The van der Waals surface area contributed by atoms with Crippen LogP contribution in [0.1, 0.15) is 47.2 Å². The number of ether oxygens (including phenoxy) is 3. The number of hydrogen-bond donors (Lipinski definition) is 0. The second-order valence-electron chi connectivity index (χ2n) is 6.21. The number of methoxy groups -OCH3 is 1. The molecule has 120 valence electrons. The Morgan fingerprint density at radius 2 is 2.18 bits per heavy atom. The topological polar surface area (TPSA) is 44.8 Å². The van der Waals surface area contributed by atoms with Crippen molar-refractivity contribution < 1.29 is 19.0 Å². The summed E-state index contributed by atoms with van der Waals surface area (Å²) in [5, 5.41) is 0. The first-order valence-electron chi connectivity index (χ1n) is 8.19. The van der Waals surface area contributed by atoms with E-state index in [4.69, 9.17) is 14.2 Å². The van der Waals surface area contributed by atoms with E-state index in [2.05, 4.69) is 6.07 Å². The molecule has 0 radical (unpaired) electrons. The van der Waals surface area contributed by atoms with Crippen molar-refractivity contribution in [1.82, 2.24) is 0 Å². The van der Waals surface area contributed by atoms with Crippen molar-refractivity contribution in [2.75, 3.05) is 20.3 Å². The van der Waals surface area contributed by atoms with E-state index in [-0.39, 0.29) is 12.3 Å². The Balaban J connectivity index is 1.56. The molecule has 3 rings (SSSR count). The Bertz CT molecular complexity index is 520. The number of rotatable bonds is 4. The standard InChI is InChI=1S/C18H24O4/c1-20-18(19)16-8-7-14-10-13(5-6-15(14)11-16)12-22-17-4-2-3-9-21-17/h7-8,11,13,17H,2-6,9-10,12H2,1H3. The van der Waals surface area contributed by atoms with Gasteiger partial charge >= 0.3 is 5.97 Å². The molecule has 22 heavy (non-hydrogen) atoms. The molecule has 1 aliphatic heterocycles. The summed E-state index contributed by atoms with van der Waals surface area (Å²) in [5.41, 5.74) is 3.25. The second-order valence-corrected chi connectivity index (χ2v) is 6.21. The van der Waals surface area contributed by atoms with Gasteiger partial charge in [0.25, 0.3) is 0 Å². The molecule has 0 amide bonds. The van der Waals surface area contributed by atoms with E-state index in [0.717, 1.165) is 45.3 Å². The molecule has 4 heteroatoms. The maximum Gasteiger partial charge on any atom is 0.337 e. The van der Waals surface area contributed by atoms with Crippen LogP contribution in [0.2, 0.25) is 0 Å². The highest BCUT2D eigenvalue weighted by Crippen LogP contribution is 2.27. The lowest BCUT2D eigenvalue weighted by Gasteiger charge is -2.28. The molecule has 0 spiro atoms. The summed E-state index contributed by atoms with van der Waals surface area (Å²) in [7, 11) is 1.42. The minimum absolute atomic E-state index is 0.00292. The smallest absolute Gasteiger partial charge is 0.337 e. The first-order valence-corrected chi connectivity index (χ1v) is 8.19. The summed E-state index contributed by atoms with van der Waals surface area (Å²) in [6.07, 6.45) is 6.49. The third-order valence-electron chi connectivity index (χ3n) is 4.61. The molecule has 1 aromatic carbocycles. The van der Waals surface area contributed by atoms with E-state index in [1.807, 2.05) is 12.1 Å². The van der Waals surface area contributed by atoms with Crippen LogP contribution in [0.5, 0.6) is 0 Å². The van der Waals surface area contributed by atoms with Crippen molar-refractivity contribution >= 4 is 5.97 Å². The van der Waals surface area contributed by atoms with Gasteiger partial charge in [0.1, 0.15) is 0 Å². The van der Waals surface area contributed by atoms with Gasteiger partial charge in [-0.1, -0.05) is 6.07 Å². The lowest BCUT2D eigenvalue weighted by Crippen LogP contribution is -2.27. The van der Waals surface area contributed by atoms with Crippen molar-refractivity contribution in [3.05, 3.63) is 34.9 Å². The summed E-state index contributed by atoms with van der Waals surface area (Å²) >= 11 is 0. The number of carbonyl (C=O) groups excluding carboxylic acids is 1. The van der Waals surface area contributed by atoms with Crippen molar-refractivity contribution in [2.45, 2.75) is 44.8 Å². The van der Waals surface area contributed by atoms with Gasteiger partial charge in [-0.2, -0.15) is 0 Å². The molecule has 0 bridgehead atoms. The van der Waals surface area contributed by atoms with Crippen LogP contribution < -0.4 is 0 Å². The Hall–Kier alpha value is -1.39. The maximum atomic E-state index is 11.6. The van der Waals surface area contributed by atoms with Crippen LogP contribution in [-0.4, -0.2) is 32.6 Å². The SMILES string of the molecule is COC(=O)c1ccc2c(c1)CCC(COC1CCCCO1)C2. The number of aryl methyl sites for hydroxylation is 1. The quantitative estimate of drug-likeness (QED) is 0.802. The molecule has 2 unspecified atom stereocenters. The normalized spacial score (nSPS) is 24.6.